The van der Waals surface area contributed by atoms with Gasteiger partial charge in [0.15, 0.2) is 0 Å². The molecule has 7 nitrogen and oxygen atoms in total. The first kappa shape index (κ1) is 24.7. The SMILES string of the molecule is CC([C@@H](F)C(=O)O)[C@](C)(CP(=O)(OCc1ccccc1)OCc1ccccc1)C(=O)O. The van der Waals surface area contributed by atoms with Gasteiger partial charge in [0.1, 0.15) is 0 Å². The van der Waals surface area contributed by atoms with Crippen molar-refractivity contribution in [3.8, 4) is 0 Å². The molecule has 0 spiro atoms. The molecule has 0 aromatic heterocycles. The highest BCUT2D eigenvalue weighted by Crippen LogP contribution is 2.56. The average Bonchev–Trinajstić information content (AvgIpc) is 2.76. The van der Waals surface area contributed by atoms with Gasteiger partial charge in [-0.3, -0.25) is 9.36 Å². The highest BCUT2D eigenvalue weighted by Gasteiger charge is 2.50. The Morgan fingerprint density at radius 3 is 1.74 bits per heavy atom. The van der Waals surface area contributed by atoms with Crippen LogP contribution >= 0.6 is 7.60 Å². The second-order valence-electron chi connectivity index (χ2n) is 7.54. The highest BCUT2D eigenvalue weighted by molar-refractivity contribution is 7.53. The fourth-order valence-corrected chi connectivity index (χ4v) is 5.14. The summed E-state index contributed by atoms with van der Waals surface area (Å²) >= 11 is 0. The number of alkyl halides is 1. The largest absolute Gasteiger partial charge is 0.481 e. The van der Waals surface area contributed by atoms with Crippen molar-refractivity contribution in [2.24, 2.45) is 11.3 Å². The van der Waals surface area contributed by atoms with Crippen molar-refractivity contribution in [2.75, 3.05) is 6.16 Å². The lowest BCUT2D eigenvalue weighted by molar-refractivity contribution is -0.156. The second kappa shape index (κ2) is 10.7. The van der Waals surface area contributed by atoms with Gasteiger partial charge >= 0.3 is 19.5 Å². The number of carboxylic acids is 2. The Morgan fingerprint density at radius 1 is 0.968 bits per heavy atom. The molecule has 2 rings (SSSR count). The fourth-order valence-electron chi connectivity index (χ4n) is 2.97. The molecule has 0 saturated carbocycles. The van der Waals surface area contributed by atoms with Crippen LogP contribution in [0.1, 0.15) is 25.0 Å². The molecule has 0 saturated heterocycles. The zero-order valence-electron chi connectivity index (χ0n) is 17.3. The van der Waals surface area contributed by atoms with E-state index in [4.69, 9.17) is 14.2 Å². The summed E-state index contributed by atoms with van der Waals surface area (Å²) in [6.07, 6.45) is -3.15. The molecule has 31 heavy (non-hydrogen) atoms. The Kier molecular flexibility index (Phi) is 8.51. The lowest BCUT2D eigenvalue weighted by atomic mass is 9.77. The van der Waals surface area contributed by atoms with Crippen molar-refractivity contribution in [3.63, 3.8) is 0 Å². The standard InChI is InChI=1S/C22H26FO7P/c1-16(19(23)20(24)25)22(2,21(26)27)15-31(28,29-13-17-9-5-3-6-10-17)30-14-18-11-7-4-8-12-18/h3-12,16,19H,13-15H2,1-2H3,(H,24,25)(H,26,27)/t16?,19-,22+/m1/s1. The quantitative estimate of drug-likeness (QED) is 0.447. The summed E-state index contributed by atoms with van der Waals surface area (Å²) in [6, 6.07) is 17.6. The molecule has 0 amide bonds. The van der Waals surface area contributed by atoms with Crippen LogP contribution in [0, 0.1) is 11.3 Å². The van der Waals surface area contributed by atoms with Crippen molar-refractivity contribution >= 4 is 19.5 Å². The van der Waals surface area contributed by atoms with Crippen LogP contribution in [-0.4, -0.2) is 34.5 Å². The summed E-state index contributed by atoms with van der Waals surface area (Å²) in [5.41, 5.74) is -0.643. The number of hydrogen-bond acceptors (Lipinski definition) is 5. The summed E-state index contributed by atoms with van der Waals surface area (Å²) in [5, 5.41) is 18.8. The molecule has 0 aliphatic carbocycles. The summed E-state index contributed by atoms with van der Waals surface area (Å²) in [7, 11) is -4.09. The molecule has 1 unspecified atom stereocenters. The molecular formula is C22H26FO7P. The highest BCUT2D eigenvalue weighted by atomic mass is 31.2. The molecular weight excluding hydrogens is 426 g/mol. The Labute approximate surface area is 180 Å². The van der Waals surface area contributed by atoms with Crippen LogP contribution in [-0.2, 0) is 36.4 Å². The van der Waals surface area contributed by atoms with Gasteiger partial charge < -0.3 is 19.3 Å². The Bertz CT molecular complexity index is 874. The number of rotatable bonds is 12. The predicted octanol–water partition coefficient (Wildman–Crippen LogP) is 4.76. The van der Waals surface area contributed by atoms with Gasteiger partial charge in [-0.1, -0.05) is 67.6 Å². The smallest absolute Gasteiger partial charge is 0.338 e. The normalized spacial score (nSPS) is 15.6. The van der Waals surface area contributed by atoms with Crippen LogP contribution in [0.15, 0.2) is 60.7 Å². The van der Waals surface area contributed by atoms with Gasteiger partial charge in [-0.2, -0.15) is 0 Å². The third-order valence-corrected chi connectivity index (χ3v) is 7.32. The van der Waals surface area contributed by atoms with E-state index >= 15 is 0 Å². The number of carboxylic acid groups (broad SMARTS) is 2. The number of carbonyl (C=O) groups is 2. The molecule has 0 fully saturated rings. The van der Waals surface area contributed by atoms with Crippen LogP contribution in [0.25, 0.3) is 0 Å². The lowest BCUT2D eigenvalue weighted by Crippen LogP contribution is -2.44. The molecule has 0 radical (unpaired) electrons. The third kappa shape index (κ3) is 6.72. The van der Waals surface area contributed by atoms with Crippen LogP contribution in [0.2, 0.25) is 0 Å². The summed E-state index contributed by atoms with van der Waals surface area (Å²) in [4.78, 5) is 23.1. The number of aliphatic carboxylic acids is 2. The second-order valence-corrected chi connectivity index (χ2v) is 9.59. The maximum absolute atomic E-state index is 14.2. The van der Waals surface area contributed by atoms with Crippen LogP contribution in [0.3, 0.4) is 0 Å². The Morgan fingerprint density at radius 2 is 1.39 bits per heavy atom. The van der Waals surface area contributed by atoms with Gasteiger partial charge in [-0.15, -0.1) is 0 Å². The summed E-state index contributed by atoms with van der Waals surface area (Å²) in [6.45, 7) is 2.08. The molecule has 2 aromatic rings. The molecule has 0 bridgehead atoms. The van der Waals surface area contributed by atoms with Crippen LogP contribution < -0.4 is 0 Å². The Balaban J connectivity index is 2.30. The zero-order chi connectivity index (χ0) is 23.1. The summed E-state index contributed by atoms with van der Waals surface area (Å²) < 4.78 is 39.0. The van der Waals surface area contributed by atoms with E-state index in [0.29, 0.717) is 11.1 Å². The minimum Gasteiger partial charge on any atom is -0.481 e. The molecule has 168 valence electrons. The minimum atomic E-state index is -4.09. The van der Waals surface area contributed by atoms with Gasteiger partial charge in [-0.05, 0) is 18.1 Å². The maximum Gasteiger partial charge on any atom is 0.338 e. The first-order chi connectivity index (χ1) is 14.6. The van der Waals surface area contributed by atoms with Crippen molar-refractivity contribution < 1.29 is 37.8 Å². The molecule has 0 aliphatic heterocycles. The van der Waals surface area contributed by atoms with Gasteiger partial charge in [0.2, 0.25) is 6.17 Å². The summed E-state index contributed by atoms with van der Waals surface area (Å²) in [5.74, 6) is -4.77. The van der Waals surface area contributed by atoms with E-state index < -0.39 is 43.2 Å². The topological polar surface area (TPSA) is 110 Å². The van der Waals surface area contributed by atoms with E-state index in [1.165, 1.54) is 0 Å². The predicted molar refractivity (Wildman–Crippen MR) is 112 cm³/mol. The molecule has 0 aliphatic rings. The molecule has 0 heterocycles. The zero-order valence-corrected chi connectivity index (χ0v) is 18.2. The first-order valence-corrected chi connectivity index (χ1v) is 11.4. The molecule has 2 N–H and O–H groups in total. The van der Waals surface area contributed by atoms with Crippen LogP contribution in [0.5, 0.6) is 0 Å². The van der Waals surface area contributed by atoms with E-state index in [1.807, 2.05) is 0 Å². The van der Waals surface area contributed by atoms with Crippen molar-refractivity contribution in [3.05, 3.63) is 71.8 Å². The minimum absolute atomic E-state index is 0.116. The van der Waals surface area contributed by atoms with Gasteiger partial charge in [0.25, 0.3) is 0 Å². The molecule has 9 heteroatoms. The average molecular weight is 452 g/mol. The first-order valence-electron chi connectivity index (χ1n) is 9.64. The van der Waals surface area contributed by atoms with Crippen molar-refractivity contribution in [1.29, 1.82) is 0 Å². The van der Waals surface area contributed by atoms with Crippen molar-refractivity contribution in [2.45, 2.75) is 33.2 Å². The molecule has 3 atom stereocenters. The lowest BCUT2D eigenvalue weighted by Gasteiger charge is -2.34. The number of benzene rings is 2. The number of halogens is 1. The van der Waals surface area contributed by atoms with Gasteiger partial charge in [0, 0.05) is 5.92 Å². The van der Waals surface area contributed by atoms with E-state index in [-0.39, 0.29) is 13.2 Å². The van der Waals surface area contributed by atoms with Crippen LogP contribution in [0.4, 0.5) is 4.39 Å². The third-order valence-electron chi connectivity index (χ3n) is 5.23. The Hall–Kier alpha value is -2.54. The molecule has 2 aromatic carbocycles. The van der Waals surface area contributed by atoms with Crippen molar-refractivity contribution in [1.82, 2.24) is 0 Å². The monoisotopic (exact) mass is 452 g/mol. The fraction of sp³-hybridized carbons (Fsp3) is 0.364. The van der Waals surface area contributed by atoms with E-state index in [9.17, 15) is 23.7 Å². The van der Waals surface area contributed by atoms with E-state index in [0.717, 1.165) is 13.8 Å². The van der Waals surface area contributed by atoms with Gasteiger partial charge in [0.05, 0.1) is 24.8 Å². The van der Waals surface area contributed by atoms with E-state index in [1.54, 1.807) is 60.7 Å². The van der Waals surface area contributed by atoms with Gasteiger partial charge in [-0.25, -0.2) is 9.18 Å². The maximum atomic E-state index is 14.2. The van der Waals surface area contributed by atoms with E-state index in [2.05, 4.69) is 0 Å². The number of hydrogen-bond donors (Lipinski definition) is 2.